The second kappa shape index (κ2) is 6.15. The number of anilines is 2. The molecule has 1 aliphatic heterocycles. The molecule has 1 aromatic carbocycles. The fourth-order valence-electron chi connectivity index (χ4n) is 3.83. The van der Waals surface area contributed by atoms with E-state index in [2.05, 4.69) is 14.7 Å². The topological polar surface area (TPSA) is 126 Å². The molecular weight excluding hydrogens is 352 g/mol. The van der Waals surface area contributed by atoms with E-state index >= 15 is 0 Å². The first-order valence-electron chi connectivity index (χ1n) is 9.01. The summed E-state index contributed by atoms with van der Waals surface area (Å²) in [6.45, 7) is 0. The van der Waals surface area contributed by atoms with Crippen LogP contribution in [0.3, 0.4) is 0 Å². The van der Waals surface area contributed by atoms with E-state index in [1.807, 2.05) is 17.0 Å². The standard InChI is InChI=1S/C17H24N6O2S/c18-15-20-16(19)23(17(21-15)9-2-1-3-10-17)13-6-4-5-12(11-13)22-26(24,25)14-7-8-14/h4-6,11,14,22H,1-3,7-10H2,(H4,18,19,20,21). The van der Waals surface area contributed by atoms with Crippen molar-refractivity contribution in [3.05, 3.63) is 24.3 Å². The zero-order valence-corrected chi connectivity index (χ0v) is 15.4. The summed E-state index contributed by atoms with van der Waals surface area (Å²) >= 11 is 0. The van der Waals surface area contributed by atoms with Crippen LogP contribution in [-0.4, -0.2) is 31.2 Å². The van der Waals surface area contributed by atoms with Crippen molar-refractivity contribution in [2.75, 3.05) is 9.62 Å². The molecule has 5 N–H and O–H groups in total. The van der Waals surface area contributed by atoms with Gasteiger partial charge >= 0.3 is 0 Å². The number of benzene rings is 1. The highest BCUT2D eigenvalue weighted by Gasteiger charge is 2.42. The van der Waals surface area contributed by atoms with E-state index in [-0.39, 0.29) is 11.2 Å². The molecule has 140 valence electrons. The highest BCUT2D eigenvalue weighted by atomic mass is 32.2. The number of hydrogen-bond donors (Lipinski definition) is 3. The van der Waals surface area contributed by atoms with Crippen molar-refractivity contribution in [3.63, 3.8) is 0 Å². The van der Waals surface area contributed by atoms with E-state index in [9.17, 15) is 8.42 Å². The van der Waals surface area contributed by atoms with Crippen LogP contribution in [0.4, 0.5) is 11.4 Å². The van der Waals surface area contributed by atoms with Crippen LogP contribution in [0.5, 0.6) is 0 Å². The van der Waals surface area contributed by atoms with Crippen molar-refractivity contribution in [3.8, 4) is 0 Å². The predicted molar refractivity (Wildman–Crippen MR) is 104 cm³/mol. The van der Waals surface area contributed by atoms with Gasteiger partial charge in [-0.15, -0.1) is 0 Å². The lowest BCUT2D eigenvalue weighted by molar-refractivity contribution is 0.305. The zero-order chi connectivity index (χ0) is 18.4. The number of aliphatic imine (C=N–C) groups is 2. The average molecular weight is 376 g/mol. The molecule has 1 spiro atoms. The molecule has 1 heterocycles. The summed E-state index contributed by atoms with van der Waals surface area (Å²) in [5.74, 6) is 0.493. The van der Waals surface area contributed by atoms with E-state index in [1.54, 1.807) is 12.1 Å². The van der Waals surface area contributed by atoms with Gasteiger partial charge in [0.15, 0.2) is 0 Å². The van der Waals surface area contributed by atoms with Gasteiger partial charge in [-0.25, -0.2) is 13.4 Å². The largest absolute Gasteiger partial charge is 0.369 e. The van der Waals surface area contributed by atoms with Gasteiger partial charge in [-0.1, -0.05) is 12.5 Å². The SMILES string of the molecule is NC1=NC2(CCCCC2)N(c2cccc(NS(=O)(=O)C3CC3)c2)C(N)=N1. The van der Waals surface area contributed by atoms with Gasteiger partial charge in [-0.3, -0.25) is 9.62 Å². The van der Waals surface area contributed by atoms with Crippen LogP contribution < -0.4 is 21.1 Å². The molecule has 2 fully saturated rings. The maximum atomic E-state index is 12.2. The molecule has 2 saturated carbocycles. The highest BCUT2D eigenvalue weighted by molar-refractivity contribution is 7.93. The lowest BCUT2D eigenvalue weighted by Gasteiger charge is -2.45. The smallest absolute Gasteiger partial charge is 0.235 e. The van der Waals surface area contributed by atoms with E-state index in [0.717, 1.165) is 50.6 Å². The Kier molecular flexibility index (Phi) is 4.06. The van der Waals surface area contributed by atoms with Crippen LogP contribution in [0.1, 0.15) is 44.9 Å². The Hall–Kier alpha value is -2.29. The summed E-state index contributed by atoms with van der Waals surface area (Å²) in [6, 6.07) is 7.23. The number of nitrogens with zero attached hydrogens (tertiary/aromatic N) is 3. The Morgan fingerprint density at radius 1 is 1.15 bits per heavy atom. The molecule has 0 atom stereocenters. The normalized spacial score (nSPS) is 22.7. The third kappa shape index (κ3) is 3.11. The van der Waals surface area contributed by atoms with Crippen LogP contribution in [-0.2, 0) is 10.0 Å². The van der Waals surface area contributed by atoms with Crippen molar-refractivity contribution in [2.24, 2.45) is 21.5 Å². The maximum Gasteiger partial charge on any atom is 0.235 e. The highest BCUT2D eigenvalue weighted by Crippen LogP contribution is 2.40. The number of sulfonamides is 1. The summed E-state index contributed by atoms with van der Waals surface area (Å²) in [6.07, 6.45) is 6.34. The van der Waals surface area contributed by atoms with E-state index in [1.165, 1.54) is 0 Å². The van der Waals surface area contributed by atoms with E-state index < -0.39 is 15.7 Å². The minimum absolute atomic E-state index is 0.200. The van der Waals surface area contributed by atoms with Crippen LogP contribution in [0.2, 0.25) is 0 Å². The number of hydrogen-bond acceptors (Lipinski definition) is 7. The van der Waals surface area contributed by atoms with Crippen molar-refractivity contribution in [1.82, 2.24) is 0 Å². The van der Waals surface area contributed by atoms with Crippen molar-refractivity contribution in [2.45, 2.75) is 55.9 Å². The number of nitrogens with two attached hydrogens (primary N) is 2. The predicted octanol–water partition coefficient (Wildman–Crippen LogP) is 1.70. The Bertz CT molecular complexity index is 869. The molecule has 9 heteroatoms. The second-order valence-electron chi connectivity index (χ2n) is 7.22. The summed E-state index contributed by atoms with van der Waals surface area (Å²) in [7, 11) is -3.32. The van der Waals surface area contributed by atoms with E-state index in [4.69, 9.17) is 11.5 Å². The first-order valence-corrected chi connectivity index (χ1v) is 10.6. The summed E-state index contributed by atoms with van der Waals surface area (Å²) in [4.78, 5) is 10.7. The Balaban J connectivity index is 1.69. The lowest BCUT2D eigenvalue weighted by Crippen LogP contribution is -2.58. The molecule has 3 aliphatic rings. The van der Waals surface area contributed by atoms with Crippen molar-refractivity contribution >= 4 is 33.3 Å². The molecule has 0 bridgehead atoms. The minimum Gasteiger partial charge on any atom is -0.369 e. The molecule has 2 aliphatic carbocycles. The Labute approximate surface area is 153 Å². The van der Waals surface area contributed by atoms with Crippen molar-refractivity contribution in [1.29, 1.82) is 0 Å². The molecule has 0 amide bonds. The van der Waals surface area contributed by atoms with E-state index in [0.29, 0.717) is 11.6 Å². The Morgan fingerprint density at radius 3 is 2.58 bits per heavy atom. The summed E-state index contributed by atoms with van der Waals surface area (Å²) in [5.41, 5.74) is 12.9. The van der Waals surface area contributed by atoms with Gasteiger partial charge in [0.25, 0.3) is 0 Å². The van der Waals surface area contributed by atoms with Gasteiger partial charge in [0.05, 0.1) is 10.9 Å². The quantitative estimate of drug-likeness (QED) is 0.737. The first-order chi connectivity index (χ1) is 12.4. The van der Waals surface area contributed by atoms with Gasteiger partial charge in [-0.05, 0) is 56.7 Å². The monoisotopic (exact) mass is 376 g/mol. The van der Waals surface area contributed by atoms with Gasteiger partial charge < -0.3 is 11.5 Å². The maximum absolute atomic E-state index is 12.2. The van der Waals surface area contributed by atoms with Crippen molar-refractivity contribution < 1.29 is 8.42 Å². The average Bonchev–Trinajstić information content (AvgIpc) is 3.40. The summed E-state index contributed by atoms with van der Waals surface area (Å²) < 4.78 is 27.2. The molecule has 0 aromatic heterocycles. The molecule has 0 radical (unpaired) electrons. The summed E-state index contributed by atoms with van der Waals surface area (Å²) in [5, 5.41) is -0.276. The number of rotatable bonds is 4. The molecule has 4 rings (SSSR count). The third-order valence-electron chi connectivity index (χ3n) is 5.18. The lowest BCUT2D eigenvalue weighted by atomic mass is 9.87. The molecule has 8 nitrogen and oxygen atoms in total. The molecule has 26 heavy (non-hydrogen) atoms. The first kappa shape index (κ1) is 17.1. The van der Waals surface area contributed by atoms with Gasteiger partial charge in [0, 0.05) is 5.69 Å². The second-order valence-corrected chi connectivity index (χ2v) is 9.18. The van der Waals surface area contributed by atoms with Gasteiger partial charge in [0.1, 0.15) is 5.66 Å². The molecule has 0 unspecified atom stereocenters. The van der Waals surface area contributed by atoms with Crippen LogP contribution in [0.15, 0.2) is 34.3 Å². The fourth-order valence-corrected chi connectivity index (χ4v) is 5.21. The third-order valence-corrected chi connectivity index (χ3v) is 7.05. The fraction of sp³-hybridized carbons (Fsp3) is 0.529. The number of guanidine groups is 2. The minimum atomic E-state index is -3.32. The van der Waals surface area contributed by atoms with Crippen LogP contribution >= 0.6 is 0 Å². The zero-order valence-electron chi connectivity index (χ0n) is 14.6. The van der Waals surface area contributed by atoms with Crippen LogP contribution in [0, 0.1) is 0 Å². The van der Waals surface area contributed by atoms with Crippen LogP contribution in [0.25, 0.3) is 0 Å². The van der Waals surface area contributed by atoms with Gasteiger partial charge in [0.2, 0.25) is 21.9 Å². The molecule has 0 saturated heterocycles. The van der Waals surface area contributed by atoms with Gasteiger partial charge in [-0.2, -0.15) is 4.99 Å². The number of nitrogens with one attached hydrogen (secondary N) is 1. The molecule has 1 aromatic rings. The Morgan fingerprint density at radius 2 is 1.88 bits per heavy atom. The molecular formula is C17H24N6O2S.